The molecule has 0 radical (unpaired) electrons. The molecule has 0 saturated heterocycles. The number of fused-ring (bicyclic) bond motifs is 2. The van der Waals surface area contributed by atoms with Crippen molar-refractivity contribution in [2.24, 2.45) is 0 Å². The van der Waals surface area contributed by atoms with Gasteiger partial charge in [-0.2, -0.15) is 26.6 Å². The molecule has 0 fully saturated rings. The van der Waals surface area contributed by atoms with Crippen molar-refractivity contribution in [3.05, 3.63) is 71.3 Å². The zero-order valence-corrected chi connectivity index (χ0v) is 20.4. The number of anilines is 2. The molecule has 1 aliphatic heterocycles. The first kappa shape index (κ1) is 25.0. The van der Waals surface area contributed by atoms with Crippen LogP contribution in [0.1, 0.15) is 17.0 Å². The molecule has 13 heteroatoms. The number of aromatic nitrogens is 3. The third-order valence-corrected chi connectivity index (χ3v) is 6.94. The van der Waals surface area contributed by atoms with Gasteiger partial charge in [0.05, 0.1) is 24.4 Å². The summed E-state index contributed by atoms with van der Waals surface area (Å²) >= 11 is 0. The van der Waals surface area contributed by atoms with Gasteiger partial charge in [0.2, 0.25) is 5.95 Å². The lowest BCUT2D eigenvalue weighted by molar-refractivity contribution is -0.0499. The molecule has 1 aliphatic rings. The quantitative estimate of drug-likeness (QED) is 0.203. The van der Waals surface area contributed by atoms with Gasteiger partial charge in [-0.1, -0.05) is 12.1 Å². The highest BCUT2D eigenvalue weighted by Gasteiger charge is 2.48. The minimum Gasteiger partial charge on any atom is -0.376 e. The first-order valence-electron chi connectivity index (χ1n) is 11.1. The fourth-order valence-electron chi connectivity index (χ4n) is 4.23. The van der Waals surface area contributed by atoms with E-state index < -0.39 is 27.2 Å². The summed E-state index contributed by atoms with van der Waals surface area (Å²) in [6.07, 6.45) is 0.491. The van der Waals surface area contributed by atoms with E-state index in [4.69, 9.17) is 14.7 Å². The Kier molecular flexibility index (Phi) is 6.07. The predicted octanol–water partition coefficient (Wildman–Crippen LogP) is 4.94. The summed E-state index contributed by atoms with van der Waals surface area (Å²) in [7, 11) is -4.14. The van der Waals surface area contributed by atoms with Crippen LogP contribution in [0.4, 0.5) is 29.1 Å². The molecule has 37 heavy (non-hydrogen) atoms. The number of rotatable bonds is 5. The molecule has 0 atom stereocenters. The Labute approximate surface area is 209 Å². The monoisotopic (exact) mass is 536 g/mol. The van der Waals surface area contributed by atoms with E-state index in [1.54, 1.807) is 41.6 Å². The van der Waals surface area contributed by atoms with Crippen LogP contribution in [-0.2, 0) is 27.9 Å². The summed E-state index contributed by atoms with van der Waals surface area (Å²) in [5.74, 6) is -0.210. The SMILES string of the molecule is Cc1cc2c(OS(=O)(=O)C(F)(F)F)cccc2n1-c1nc2c(c(N(C)c3cccc(F)c3)n1)COCC2. The number of nitrogens with zero attached hydrogens (tertiary/aromatic N) is 4. The highest BCUT2D eigenvalue weighted by atomic mass is 32.2. The highest BCUT2D eigenvalue weighted by Crippen LogP contribution is 2.36. The number of hydrogen-bond donors (Lipinski definition) is 0. The molecule has 0 spiro atoms. The number of aryl methyl sites for hydroxylation is 1. The van der Waals surface area contributed by atoms with Crippen molar-refractivity contribution in [1.82, 2.24) is 14.5 Å². The lowest BCUT2D eigenvalue weighted by Crippen LogP contribution is -2.28. The topological polar surface area (TPSA) is 86.6 Å². The molecule has 0 saturated carbocycles. The molecule has 4 aromatic rings. The van der Waals surface area contributed by atoms with E-state index >= 15 is 0 Å². The lowest BCUT2D eigenvalue weighted by Gasteiger charge is -2.26. The Hall–Kier alpha value is -3.71. The van der Waals surface area contributed by atoms with E-state index in [1.807, 2.05) is 0 Å². The minimum atomic E-state index is -5.87. The van der Waals surface area contributed by atoms with E-state index in [2.05, 4.69) is 4.18 Å². The van der Waals surface area contributed by atoms with Crippen molar-refractivity contribution in [3.8, 4) is 11.7 Å². The summed E-state index contributed by atoms with van der Waals surface area (Å²) in [5, 5.41) is 0.137. The van der Waals surface area contributed by atoms with Crippen LogP contribution < -0.4 is 9.08 Å². The first-order chi connectivity index (χ1) is 17.5. The molecule has 2 aromatic heterocycles. The Morgan fingerprint density at radius 2 is 1.86 bits per heavy atom. The second-order valence-electron chi connectivity index (χ2n) is 8.41. The van der Waals surface area contributed by atoms with Gasteiger partial charge in [-0.05, 0) is 43.3 Å². The van der Waals surface area contributed by atoms with Crippen LogP contribution in [0, 0.1) is 12.7 Å². The van der Waals surface area contributed by atoms with Crippen LogP contribution in [0.2, 0.25) is 0 Å². The van der Waals surface area contributed by atoms with E-state index in [-0.39, 0.29) is 17.9 Å². The van der Waals surface area contributed by atoms with Gasteiger partial charge in [0.1, 0.15) is 11.6 Å². The van der Waals surface area contributed by atoms with Crippen molar-refractivity contribution in [2.75, 3.05) is 18.6 Å². The van der Waals surface area contributed by atoms with Gasteiger partial charge < -0.3 is 13.8 Å². The summed E-state index contributed by atoms with van der Waals surface area (Å²) < 4.78 is 87.7. The number of hydrogen-bond acceptors (Lipinski definition) is 7. The average Bonchev–Trinajstić information content (AvgIpc) is 3.19. The highest BCUT2D eigenvalue weighted by molar-refractivity contribution is 7.88. The molecule has 8 nitrogen and oxygen atoms in total. The van der Waals surface area contributed by atoms with Crippen molar-refractivity contribution in [1.29, 1.82) is 0 Å². The molecule has 2 aromatic carbocycles. The van der Waals surface area contributed by atoms with Crippen LogP contribution >= 0.6 is 0 Å². The molecule has 0 amide bonds. The Bertz CT molecular complexity index is 1620. The Morgan fingerprint density at radius 3 is 2.59 bits per heavy atom. The lowest BCUT2D eigenvalue weighted by atomic mass is 10.1. The third-order valence-electron chi connectivity index (χ3n) is 5.97. The van der Waals surface area contributed by atoms with Crippen LogP contribution in [0.3, 0.4) is 0 Å². The minimum absolute atomic E-state index is 0.137. The summed E-state index contributed by atoms with van der Waals surface area (Å²) in [6, 6.07) is 11.6. The van der Waals surface area contributed by atoms with Gasteiger partial charge in [-0.25, -0.2) is 9.37 Å². The van der Waals surface area contributed by atoms with Crippen molar-refractivity contribution < 1.29 is 34.9 Å². The summed E-state index contributed by atoms with van der Waals surface area (Å²) in [5.41, 5.74) is -2.72. The molecule has 194 valence electrons. The van der Waals surface area contributed by atoms with Gasteiger partial charge in [0.15, 0.2) is 5.75 Å². The third kappa shape index (κ3) is 4.48. The van der Waals surface area contributed by atoms with Gasteiger partial charge in [0, 0.05) is 35.8 Å². The normalized spacial score (nSPS) is 14.0. The van der Waals surface area contributed by atoms with Crippen molar-refractivity contribution in [2.45, 2.75) is 25.5 Å². The molecule has 5 rings (SSSR count). The molecular formula is C24H20F4N4O4S. The molecule has 0 bridgehead atoms. The van der Waals surface area contributed by atoms with Gasteiger partial charge >= 0.3 is 15.6 Å². The summed E-state index contributed by atoms with van der Waals surface area (Å²) in [6.45, 7) is 2.37. The maximum atomic E-state index is 13.9. The fraction of sp³-hybridized carbons (Fsp3) is 0.250. The number of halogens is 4. The van der Waals surface area contributed by atoms with Crippen molar-refractivity contribution in [3.63, 3.8) is 0 Å². The average molecular weight is 537 g/mol. The van der Waals surface area contributed by atoms with Gasteiger partial charge in [0.25, 0.3) is 0 Å². The molecule has 3 heterocycles. The van der Waals surface area contributed by atoms with E-state index in [9.17, 15) is 26.0 Å². The van der Waals surface area contributed by atoms with Crippen LogP contribution in [0.25, 0.3) is 16.9 Å². The zero-order valence-electron chi connectivity index (χ0n) is 19.6. The standard InChI is InChI=1S/C24H20F4N4O4S/c1-14-11-17-20(7-4-8-21(17)36-37(33,34)24(26,27)28)32(14)23-29-19-9-10-35-13-18(19)22(30-23)31(2)16-6-3-5-15(25)12-16/h3-8,11-12H,9-10,13H2,1-2H3. The molecule has 0 N–H and O–H groups in total. The van der Waals surface area contributed by atoms with Crippen LogP contribution in [-0.4, -0.2) is 42.1 Å². The number of ether oxygens (including phenoxy) is 1. The van der Waals surface area contributed by atoms with Gasteiger partial charge in [-0.15, -0.1) is 0 Å². The fourth-order valence-corrected chi connectivity index (χ4v) is 4.70. The van der Waals surface area contributed by atoms with E-state index in [1.165, 1.54) is 24.3 Å². The number of alkyl halides is 3. The predicted molar refractivity (Wildman–Crippen MR) is 127 cm³/mol. The van der Waals surface area contributed by atoms with E-state index in [0.717, 1.165) is 11.6 Å². The zero-order chi connectivity index (χ0) is 26.5. The van der Waals surface area contributed by atoms with Crippen molar-refractivity contribution >= 4 is 32.5 Å². The van der Waals surface area contributed by atoms with Crippen LogP contribution in [0.15, 0.2) is 48.5 Å². The van der Waals surface area contributed by atoms with E-state index in [0.29, 0.717) is 41.4 Å². The second-order valence-corrected chi connectivity index (χ2v) is 9.95. The van der Waals surface area contributed by atoms with Crippen LogP contribution in [0.5, 0.6) is 5.75 Å². The maximum absolute atomic E-state index is 13.9. The summed E-state index contributed by atoms with van der Waals surface area (Å²) in [4.78, 5) is 11.1. The smallest absolute Gasteiger partial charge is 0.376 e. The largest absolute Gasteiger partial charge is 0.534 e. The van der Waals surface area contributed by atoms with Gasteiger partial charge in [-0.3, -0.25) is 4.57 Å². The Balaban J connectivity index is 1.67. The molecule has 0 unspecified atom stereocenters. The Morgan fingerprint density at radius 1 is 1.11 bits per heavy atom. The molecule has 0 aliphatic carbocycles. The molecular weight excluding hydrogens is 516 g/mol. The number of benzene rings is 2. The second kappa shape index (κ2) is 8.99. The first-order valence-corrected chi connectivity index (χ1v) is 12.5. The maximum Gasteiger partial charge on any atom is 0.534 e.